The van der Waals surface area contributed by atoms with Crippen molar-refractivity contribution in [3.05, 3.63) is 0 Å². The lowest BCUT2D eigenvalue weighted by molar-refractivity contribution is 0.0963. The summed E-state index contributed by atoms with van der Waals surface area (Å²) in [7, 11) is 0. The van der Waals surface area contributed by atoms with Crippen LogP contribution in [-0.2, 0) is 4.74 Å². The summed E-state index contributed by atoms with van der Waals surface area (Å²) >= 11 is 0. The number of rotatable bonds is 7. The fraction of sp³-hybridized carbons (Fsp3) is 0.895. The fourth-order valence-corrected chi connectivity index (χ4v) is 3.81. The third-order valence-electron chi connectivity index (χ3n) is 5.28. The molecule has 2 heterocycles. The maximum absolute atomic E-state index is 11.7. The lowest BCUT2D eigenvalue weighted by atomic mass is 10.0. The van der Waals surface area contributed by atoms with Crippen molar-refractivity contribution in [3.8, 4) is 0 Å². The first-order chi connectivity index (χ1) is 12.6. The molecule has 0 saturated carbocycles. The molecule has 7 heteroatoms. The molecule has 0 aromatic carbocycles. The minimum atomic E-state index is -0.212. The van der Waals surface area contributed by atoms with E-state index in [1.165, 1.54) is 38.9 Å². The van der Waals surface area contributed by atoms with Gasteiger partial charge in [0.2, 0.25) is 0 Å². The van der Waals surface area contributed by atoms with E-state index in [0.29, 0.717) is 31.7 Å². The first-order valence-electron chi connectivity index (χ1n) is 10.3. The number of carbonyl (C=O) groups excluding carboxylic acids is 1. The van der Waals surface area contributed by atoms with Crippen molar-refractivity contribution >= 4 is 12.1 Å². The molecule has 2 aliphatic heterocycles. The Morgan fingerprint density at radius 1 is 1.23 bits per heavy atom. The normalized spacial score (nSPS) is 23.1. The number of unbranched alkanes of at least 4 members (excludes halogenated alkanes) is 1. The minimum Gasteiger partial charge on any atom is -0.450 e. The van der Waals surface area contributed by atoms with Crippen molar-refractivity contribution in [2.45, 2.75) is 58.4 Å². The molecule has 2 rings (SSSR count). The molecule has 3 N–H and O–H groups in total. The molecule has 0 aromatic heterocycles. The Kier molecular flexibility index (Phi) is 9.01. The molecule has 1 amide bonds. The van der Waals surface area contributed by atoms with E-state index in [2.05, 4.69) is 22.1 Å². The smallest absolute Gasteiger partial charge is 0.409 e. The van der Waals surface area contributed by atoms with Crippen LogP contribution in [0.2, 0.25) is 0 Å². The van der Waals surface area contributed by atoms with Crippen LogP contribution in [0.1, 0.15) is 52.4 Å². The van der Waals surface area contributed by atoms with E-state index >= 15 is 0 Å². The number of likely N-dealkylation sites (tertiary alicyclic amines) is 2. The molecule has 0 bridgehead atoms. The monoisotopic (exact) mass is 367 g/mol. The van der Waals surface area contributed by atoms with Gasteiger partial charge < -0.3 is 25.6 Å². The van der Waals surface area contributed by atoms with E-state index in [0.717, 1.165) is 31.7 Å². The number of nitrogens with two attached hydrogens (primary N) is 1. The van der Waals surface area contributed by atoms with Crippen molar-refractivity contribution in [1.29, 1.82) is 0 Å². The largest absolute Gasteiger partial charge is 0.450 e. The van der Waals surface area contributed by atoms with Crippen LogP contribution in [0.4, 0.5) is 4.79 Å². The number of piperidine rings is 2. The van der Waals surface area contributed by atoms with Gasteiger partial charge in [0.15, 0.2) is 5.96 Å². The zero-order valence-electron chi connectivity index (χ0n) is 16.6. The molecule has 0 aromatic rings. The lowest BCUT2D eigenvalue weighted by Crippen LogP contribution is -2.48. The Balaban J connectivity index is 1.55. The number of guanidine groups is 1. The Bertz CT molecular complexity index is 449. The number of nitrogens with one attached hydrogen (secondary N) is 1. The second-order valence-electron chi connectivity index (χ2n) is 7.63. The zero-order chi connectivity index (χ0) is 18.8. The Hall–Kier alpha value is -1.50. The van der Waals surface area contributed by atoms with E-state index in [1.54, 1.807) is 4.90 Å². The third-order valence-corrected chi connectivity index (χ3v) is 5.28. The van der Waals surface area contributed by atoms with Gasteiger partial charge in [-0.1, -0.05) is 6.92 Å². The summed E-state index contributed by atoms with van der Waals surface area (Å²) in [5.41, 5.74) is 6.01. The van der Waals surface area contributed by atoms with E-state index in [9.17, 15) is 4.79 Å². The Labute approximate surface area is 158 Å². The van der Waals surface area contributed by atoms with Gasteiger partial charge in [0, 0.05) is 32.2 Å². The number of ether oxygens (including phenoxy) is 1. The first kappa shape index (κ1) is 20.8. The quantitative estimate of drug-likeness (QED) is 0.409. The summed E-state index contributed by atoms with van der Waals surface area (Å²) in [6, 6.07) is 0.291. The van der Waals surface area contributed by atoms with Gasteiger partial charge in [0.25, 0.3) is 0 Å². The van der Waals surface area contributed by atoms with Gasteiger partial charge in [-0.15, -0.1) is 0 Å². The average Bonchev–Trinajstić information content (AvgIpc) is 2.62. The van der Waals surface area contributed by atoms with Crippen LogP contribution >= 0.6 is 0 Å². The van der Waals surface area contributed by atoms with Crippen molar-refractivity contribution < 1.29 is 9.53 Å². The van der Waals surface area contributed by atoms with Crippen molar-refractivity contribution in [2.75, 3.05) is 45.9 Å². The van der Waals surface area contributed by atoms with Gasteiger partial charge in [0.05, 0.1) is 6.61 Å². The van der Waals surface area contributed by atoms with Gasteiger partial charge in [-0.25, -0.2) is 4.79 Å². The molecule has 2 aliphatic rings. The molecule has 2 saturated heterocycles. The topological polar surface area (TPSA) is 83.2 Å². The summed E-state index contributed by atoms with van der Waals surface area (Å²) in [4.78, 5) is 20.5. The molecule has 0 radical (unpaired) electrons. The highest BCUT2D eigenvalue weighted by Gasteiger charge is 2.23. The molecule has 26 heavy (non-hydrogen) atoms. The highest BCUT2D eigenvalue weighted by atomic mass is 16.6. The summed E-state index contributed by atoms with van der Waals surface area (Å²) in [5.74, 6) is 1.38. The summed E-state index contributed by atoms with van der Waals surface area (Å²) in [6.07, 6.45) is 6.52. The van der Waals surface area contributed by atoms with Gasteiger partial charge >= 0.3 is 6.09 Å². The minimum absolute atomic E-state index is 0.212. The predicted octanol–water partition coefficient (Wildman–Crippen LogP) is 2.02. The summed E-state index contributed by atoms with van der Waals surface area (Å²) in [5, 5.41) is 3.29. The Morgan fingerprint density at radius 2 is 2.00 bits per heavy atom. The molecule has 1 unspecified atom stereocenters. The molecule has 0 spiro atoms. The molecule has 0 aliphatic carbocycles. The highest BCUT2D eigenvalue weighted by Crippen LogP contribution is 2.15. The number of carbonyl (C=O) groups is 1. The molecule has 1 atom stereocenters. The van der Waals surface area contributed by atoms with Crippen molar-refractivity contribution in [2.24, 2.45) is 16.6 Å². The van der Waals surface area contributed by atoms with Crippen LogP contribution in [0.5, 0.6) is 0 Å². The highest BCUT2D eigenvalue weighted by molar-refractivity contribution is 5.78. The average molecular weight is 368 g/mol. The van der Waals surface area contributed by atoms with Crippen LogP contribution in [0.3, 0.4) is 0 Å². The van der Waals surface area contributed by atoms with E-state index in [-0.39, 0.29) is 6.09 Å². The second-order valence-corrected chi connectivity index (χ2v) is 7.63. The molecular formula is C19H37N5O2. The van der Waals surface area contributed by atoms with Crippen LogP contribution < -0.4 is 11.1 Å². The number of hydrogen-bond donors (Lipinski definition) is 2. The van der Waals surface area contributed by atoms with Crippen LogP contribution in [-0.4, -0.2) is 73.8 Å². The maximum atomic E-state index is 11.7. The number of hydrogen-bond acceptors (Lipinski definition) is 4. The van der Waals surface area contributed by atoms with E-state index in [1.807, 2.05) is 6.92 Å². The van der Waals surface area contributed by atoms with Crippen LogP contribution in [0, 0.1) is 5.92 Å². The number of nitrogens with zero attached hydrogens (tertiary/aromatic N) is 3. The number of amides is 1. The van der Waals surface area contributed by atoms with Gasteiger partial charge in [-0.05, 0) is 64.5 Å². The van der Waals surface area contributed by atoms with Crippen molar-refractivity contribution in [1.82, 2.24) is 15.1 Å². The summed E-state index contributed by atoms with van der Waals surface area (Å²) in [6.45, 7) is 10.5. The van der Waals surface area contributed by atoms with Gasteiger partial charge in [-0.3, -0.25) is 4.99 Å². The fourth-order valence-electron chi connectivity index (χ4n) is 3.81. The number of aliphatic imine (C=N–C) groups is 1. The van der Waals surface area contributed by atoms with Gasteiger partial charge in [0.1, 0.15) is 0 Å². The third kappa shape index (κ3) is 7.40. The Morgan fingerprint density at radius 3 is 2.69 bits per heavy atom. The SMILES string of the molecule is CCOC(=O)N1CCC(NC(N)=NCCCCN2CCCC(C)C2)CC1. The second kappa shape index (κ2) is 11.3. The molecule has 150 valence electrons. The summed E-state index contributed by atoms with van der Waals surface area (Å²) < 4.78 is 5.04. The maximum Gasteiger partial charge on any atom is 0.409 e. The molecular weight excluding hydrogens is 330 g/mol. The predicted molar refractivity (Wildman–Crippen MR) is 105 cm³/mol. The molecule has 7 nitrogen and oxygen atoms in total. The van der Waals surface area contributed by atoms with Crippen LogP contribution in [0.15, 0.2) is 4.99 Å². The standard InChI is InChI=1S/C19H37N5O2/c1-3-26-19(25)24-13-8-17(9-14-24)22-18(20)21-10-4-5-11-23-12-6-7-16(2)15-23/h16-17H,3-15H2,1-2H3,(H3,20,21,22). The lowest BCUT2D eigenvalue weighted by Gasteiger charge is -2.31. The zero-order valence-corrected chi connectivity index (χ0v) is 16.6. The van der Waals surface area contributed by atoms with E-state index in [4.69, 9.17) is 10.5 Å². The van der Waals surface area contributed by atoms with Crippen LogP contribution in [0.25, 0.3) is 0 Å². The molecule has 2 fully saturated rings. The first-order valence-corrected chi connectivity index (χ1v) is 10.3. The van der Waals surface area contributed by atoms with E-state index < -0.39 is 0 Å². The van der Waals surface area contributed by atoms with Gasteiger partial charge in [-0.2, -0.15) is 0 Å². The van der Waals surface area contributed by atoms with Crippen molar-refractivity contribution in [3.63, 3.8) is 0 Å².